The monoisotopic (exact) mass is 335 g/mol. The van der Waals surface area contributed by atoms with Crippen LogP contribution in [0.5, 0.6) is 5.75 Å². The molecule has 0 bridgehead atoms. The molecule has 0 saturated carbocycles. The Hall–Kier alpha value is -2.47. The lowest BCUT2D eigenvalue weighted by Gasteiger charge is -2.13. The molecule has 0 atom stereocenters. The Morgan fingerprint density at radius 1 is 1.17 bits per heavy atom. The van der Waals surface area contributed by atoms with Crippen LogP contribution in [0.1, 0.15) is 29.8 Å². The molecule has 0 saturated heterocycles. The van der Waals surface area contributed by atoms with E-state index in [2.05, 4.69) is 5.32 Å². The summed E-state index contributed by atoms with van der Waals surface area (Å²) in [7, 11) is 1.53. The third kappa shape index (κ3) is 4.52. The van der Waals surface area contributed by atoms with E-state index in [0.29, 0.717) is 22.9 Å². The van der Waals surface area contributed by atoms with Crippen LogP contribution in [-0.2, 0) is 11.3 Å². The molecule has 1 amide bonds. The number of carbonyl (C=O) groups is 1. The van der Waals surface area contributed by atoms with Crippen LogP contribution in [0.4, 0.5) is 14.5 Å². The van der Waals surface area contributed by atoms with Gasteiger partial charge in [-0.15, -0.1) is 0 Å². The second kappa shape index (κ2) is 7.88. The van der Waals surface area contributed by atoms with Crippen LogP contribution in [-0.4, -0.2) is 19.1 Å². The van der Waals surface area contributed by atoms with Gasteiger partial charge < -0.3 is 14.8 Å². The maximum Gasteiger partial charge on any atom is 0.255 e. The first-order valence-electron chi connectivity index (χ1n) is 7.45. The van der Waals surface area contributed by atoms with Gasteiger partial charge in [0.1, 0.15) is 17.4 Å². The Labute approximate surface area is 139 Å². The summed E-state index contributed by atoms with van der Waals surface area (Å²) in [5.41, 5.74) is 0.942. The van der Waals surface area contributed by atoms with Crippen molar-refractivity contribution in [1.82, 2.24) is 0 Å². The van der Waals surface area contributed by atoms with E-state index in [0.717, 1.165) is 6.07 Å². The predicted octanol–water partition coefficient (Wildman–Crippen LogP) is 4.15. The van der Waals surface area contributed by atoms with E-state index in [9.17, 15) is 13.6 Å². The molecule has 0 aliphatic rings. The predicted molar refractivity (Wildman–Crippen MR) is 87.2 cm³/mol. The van der Waals surface area contributed by atoms with Crippen molar-refractivity contribution in [2.75, 3.05) is 12.4 Å². The number of methoxy groups -OCH3 is 1. The Morgan fingerprint density at radius 3 is 2.54 bits per heavy atom. The number of anilines is 1. The molecule has 0 aliphatic heterocycles. The molecule has 2 rings (SSSR count). The number of amides is 1. The summed E-state index contributed by atoms with van der Waals surface area (Å²) in [6, 6.07) is 7.80. The molecule has 0 heterocycles. The summed E-state index contributed by atoms with van der Waals surface area (Å²) >= 11 is 0. The molecule has 2 aromatic rings. The van der Waals surface area contributed by atoms with Crippen LogP contribution in [0, 0.1) is 11.6 Å². The van der Waals surface area contributed by atoms with Crippen molar-refractivity contribution in [1.29, 1.82) is 0 Å². The van der Waals surface area contributed by atoms with Crippen molar-refractivity contribution in [3.8, 4) is 5.75 Å². The fourth-order valence-corrected chi connectivity index (χ4v) is 2.07. The number of halogens is 2. The van der Waals surface area contributed by atoms with Gasteiger partial charge in [-0.05, 0) is 44.2 Å². The van der Waals surface area contributed by atoms with Crippen molar-refractivity contribution in [3.63, 3.8) is 0 Å². The molecule has 1 N–H and O–H groups in total. The summed E-state index contributed by atoms with van der Waals surface area (Å²) in [4.78, 5) is 12.3. The molecule has 128 valence electrons. The minimum Gasteiger partial charge on any atom is -0.496 e. The number of nitrogens with one attached hydrogen (secondary N) is 1. The molecule has 0 spiro atoms. The lowest BCUT2D eigenvalue weighted by molar-refractivity contribution is 0.0644. The van der Waals surface area contributed by atoms with Gasteiger partial charge in [0.25, 0.3) is 5.91 Å². The summed E-state index contributed by atoms with van der Waals surface area (Å²) in [6.45, 7) is 4.09. The molecule has 4 nitrogen and oxygen atoms in total. The Balaban J connectivity index is 2.20. The number of benzene rings is 2. The fraction of sp³-hybridized carbons (Fsp3) is 0.278. The van der Waals surface area contributed by atoms with E-state index in [1.54, 1.807) is 18.2 Å². The van der Waals surface area contributed by atoms with Gasteiger partial charge >= 0.3 is 0 Å². The number of ether oxygens (including phenoxy) is 2. The molecular formula is C18H19F2NO3. The molecule has 24 heavy (non-hydrogen) atoms. The van der Waals surface area contributed by atoms with Crippen LogP contribution < -0.4 is 10.1 Å². The lowest BCUT2D eigenvalue weighted by atomic mass is 10.1. The smallest absolute Gasteiger partial charge is 0.255 e. The molecule has 6 heteroatoms. The zero-order valence-electron chi connectivity index (χ0n) is 13.7. The SMILES string of the molecule is COc1ccc(C(=O)Nc2ccc(F)cc2F)cc1COC(C)C. The minimum atomic E-state index is -0.833. The van der Waals surface area contributed by atoms with Crippen LogP contribution in [0.25, 0.3) is 0 Å². The van der Waals surface area contributed by atoms with E-state index >= 15 is 0 Å². The van der Waals surface area contributed by atoms with E-state index < -0.39 is 17.5 Å². The maximum atomic E-state index is 13.6. The molecule has 0 aliphatic carbocycles. The molecule has 0 unspecified atom stereocenters. The van der Waals surface area contributed by atoms with Gasteiger partial charge in [-0.25, -0.2) is 8.78 Å². The van der Waals surface area contributed by atoms with Gasteiger partial charge in [0.2, 0.25) is 0 Å². The number of carbonyl (C=O) groups excluding carboxylic acids is 1. The molecular weight excluding hydrogens is 316 g/mol. The highest BCUT2D eigenvalue weighted by atomic mass is 19.1. The highest BCUT2D eigenvalue weighted by Gasteiger charge is 2.13. The van der Waals surface area contributed by atoms with Crippen molar-refractivity contribution in [3.05, 3.63) is 59.2 Å². The van der Waals surface area contributed by atoms with E-state index in [1.165, 1.54) is 13.2 Å². The lowest BCUT2D eigenvalue weighted by Crippen LogP contribution is -2.14. The fourth-order valence-electron chi connectivity index (χ4n) is 2.07. The first-order chi connectivity index (χ1) is 11.4. The average molecular weight is 335 g/mol. The van der Waals surface area contributed by atoms with Crippen molar-refractivity contribution < 1.29 is 23.0 Å². The van der Waals surface area contributed by atoms with Gasteiger partial charge in [-0.1, -0.05) is 0 Å². The number of hydrogen-bond acceptors (Lipinski definition) is 3. The van der Waals surface area contributed by atoms with E-state index in [4.69, 9.17) is 9.47 Å². The Morgan fingerprint density at radius 2 is 1.92 bits per heavy atom. The zero-order valence-corrected chi connectivity index (χ0v) is 13.7. The third-order valence-corrected chi connectivity index (χ3v) is 3.29. The molecule has 0 fully saturated rings. The summed E-state index contributed by atoms with van der Waals surface area (Å²) in [5.74, 6) is -1.45. The first kappa shape index (κ1) is 17.9. The van der Waals surface area contributed by atoms with Gasteiger partial charge in [0.15, 0.2) is 0 Å². The normalized spacial score (nSPS) is 10.8. The molecule has 0 radical (unpaired) electrons. The largest absolute Gasteiger partial charge is 0.496 e. The van der Waals surface area contributed by atoms with Gasteiger partial charge in [-0.3, -0.25) is 4.79 Å². The van der Waals surface area contributed by atoms with E-state index in [1.807, 2.05) is 13.8 Å². The van der Waals surface area contributed by atoms with Gasteiger partial charge in [0.05, 0.1) is 25.5 Å². The molecule has 2 aromatic carbocycles. The second-order valence-electron chi connectivity index (χ2n) is 5.46. The highest BCUT2D eigenvalue weighted by molar-refractivity contribution is 6.04. The summed E-state index contributed by atoms with van der Waals surface area (Å²) in [6.07, 6.45) is 0.0282. The average Bonchev–Trinajstić information content (AvgIpc) is 2.55. The van der Waals surface area contributed by atoms with Crippen LogP contribution in [0.15, 0.2) is 36.4 Å². The van der Waals surface area contributed by atoms with Crippen molar-refractivity contribution >= 4 is 11.6 Å². The Kier molecular flexibility index (Phi) is 5.87. The van der Waals surface area contributed by atoms with Crippen molar-refractivity contribution in [2.24, 2.45) is 0 Å². The van der Waals surface area contributed by atoms with Crippen LogP contribution in [0.2, 0.25) is 0 Å². The van der Waals surface area contributed by atoms with Crippen LogP contribution >= 0.6 is 0 Å². The zero-order chi connectivity index (χ0) is 17.7. The maximum absolute atomic E-state index is 13.6. The van der Waals surface area contributed by atoms with Crippen molar-refractivity contribution in [2.45, 2.75) is 26.6 Å². The van der Waals surface area contributed by atoms with Gasteiger partial charge in [-0.2, -0.15) is 0 Å². The van der Waals surface area contributed by atoms with Gasteiger partial charge in [0, 0.05) is 17.2 Å². The molecule has 0 aromatic heterocycles. The highest BCUT2D eigenvalue weighted by Crippen LogP contribution is 2.23. The number of rotatable bonds is 6. The number of hydrogen-bond donors (Lipinski definition) is 1. The first-order valence-corrected chi connectivity index (χ1v) is 7.45. The van der Waals surface area contributed by atoms with E-state index in [-0.39, 0.29) is 18.4 Å². The second-order valence-corrected chi connectivity index (χ2v) is 5.46. The summed E-state index contributed by atoms with van der Waals surface area (Å²) in [5, 5.41) is 2.42. The minimum absolute atomic E-state index is 0.0282. The van der Waals surface area contributed by atoms with Crippen LogP contribution in [0.3, 0.4) is 0 Å². The quantitative estimate of drug-likeness (QED) is 0.863. The summed E-state index contributed by atoms with van der Waals surface area (Å²) < 4.78 is 37.3. The Bertz CT molecular complexity index is 732. The standard InChI is InChI=1S/C18H19F2NO3/c1-11(2)24-10-13-8-12(4-7-17(13)23-3)18(22)21-16-6-5-14(19)9-15(16)20/h4-9,11H,10H2,1-3H3,(H,21,22). The topological polar surface area (TPSA) is 47.6 Å². The third-order valence-electron chi connectivity index (χ3n) is 3.29.